The molecule has 0 bridgehead atoms. The molecule has 0 aliphatic heterocycles. The maximum absolute atomic E-state index is 4.81. The zero-order chi connectivity index (χ0) is 47.8. The molecule has 0 aromatic carbocycles. The van der Waals surface area contributed by atoms with Crippen molar-refractivity contribution in [1.82, 2.24) is 4.67 Å². The molecule has 1 aliphatic carbocycles. The van der Waals surface area contributed by atoms with E-state index in [1.807, 2.05) is 0 Å². The summed E-state index contributed by atoms with van der Waals surface area (Å²) in [4.78, 5) is 2.36. The fraction of sp³-hybridized carbons (Fsp3) is 0.758. The molecule has 0 saturated carbocycles. The van der Waals surface area contributed by atoms with Crippen LogP contribution in [0.15, 0.2) is 69.2 Å². The summed E-state index contributed by atoms with van der Waals surface area (Å²) in [5.41, 5.74) is 13.4. The summed E-state index contributed by atoms with van der Waals surface area (Å²) >= 11 is 0.170. The summed E-state index contributed by atoms with van der Waals surface area (Å²) in [6.07, 6.45) is 51.3. The van der Waals surface area contributed by atoms with Crippen LogP contribution in [0.25, 0.3) is 0 Å². The third-order valence-electron chi connectivity index (χ3n) is 14.0. The van der Waals surface area contributed by atoms with Gasteiger partial charge in [0.25, 0.3) is 6.21 Å². The molecule has 0 heterocycles. The minimum absolute atomic E-state index is 0.0463. The van der Waals surface area contributed by atoms with Gasteiger partial charge < -0.3 is 0 Å². The van der Waals surface area contributed by atoms with Crippen LogP contribution in [0.3, 0.4) is 0 Å². The van der Waals surface area contributed by atoms with Gasteiger partial charge >= 0.3 is 202 Å². The normalized spacial score (nSPS) is 13.8. The Morgan fingerprint density at radius 1 is 0.600 bits per heavy atom. The Balaban J connectivity index is 2.59. The maximum atomic E-state index is 4.81. The van der Waals surface area contributed by atoms with Gasteiger partial charge in [-0.25, -0.2) is 0 Å². The monoisotopic (exact) mass is 1120 g/mol. The van der Waals surface area contributed by atoms with Gasteiger partial charge in [0.1, 0.15) is 0 Å². The Labute approximate surface area is 427 Å². The molecular formula is C62H107I2N. The Morgan fingerprint density at radius 3 is 1.63 bits per heavy atom. The van der Waals surface area contributed by atoms with Crippen molar-refractivity contribution in [2.75, 3.05) is 9.36 Å². The second-order valence-corrected chi connectivity index (χ2v) is 25.7. The minimum atomic E-state index is 0.0463. The molecule has 1 unspecified atom stereocenters. The van der Waals surface area contributed by atoms with E-state index in [9.17, 15) is 0 Å². The molecule has 0 fully saturated rings. The summed E-state index contributed by atoms with van der Waals surface area (Å²) < 4.78 is 9.40. The zero-order valence-electron chi connectivity index (χ0n) is 44.5. The fourth-order valence-corrected chi connectivity index (χ4v) is 14.8. The number of rotatable bonds is 45. The molecule has 1 aliphatic rings. The molecule has 1 nitrogen and oxygen atoms in total. The van der Waals surface area contributed by atoms with Crippen LogP contribution < -0.4 is 25.9 Å². The van der Waals surface area contributed by atoms with E-state index in [0.717, 1.165) is 37.0 Å². The van der Waals surface area contributed by atoms with Gasteiger partial charge in [-0.1, -0.05) is 123 Å². The van der Waals surface area contributed by atoms with Gasteiger partial charge in [0.15, 0.2) is 0 Å². The van der Waals surface area contributed by atoms with Crippen molar-refractivity contribution in [3.05, 3.63) is 69.2 Å². The molecule has 3 heteroatoms. The van der Waals surface area contributed by atoms with Gasteiger partial charge in [-0.2, -0.15) is 0 Å². The van der Waals surface area contributed by atoms with Gasteiger partial charge in [-0.15, -0.1) is 31.1 Å². The average Bonchev–Trinajstić information content (AvgIpc) is 3.29. The summed E-state index contributed by atoms with van der Waals surface area (Å²) in [6, 6.07) is 0. The van der Waals surface area contributed by atoms with E-state index < -0.39 is 0 Å². The van der Waals surface area contributed by atoms with Crippen molar-refractivity contribution in [2.24, 2.45) is 23.7 Å². The van der Waals surface area contributed by atoms with Gasteiger partial charge in [-0.3, -0.25) is 0 Å². The van der Waals surface area contributed by atoms with Crippen LogP contribution in [-0.2, 0) is 0 Å². The van der Waals surface area contributed by atoms with Crippen molar-refractivity contribution in [2.45, 2.75) is 266 Å². The van der Waals surface area contributed by atoms with Crippen LogP contribution in [-0.4, -0.2) is 25.3 Å². The van der Waals surface area contributed by atoms with Crippen LogP contribution >= 0.6 is 20.7 Å². The number of unbranched alkanes of at least 4 members (excludes halogenated alkanes) is 16. The Morgan fingerprint density at radius 2 is 1.09 bits per heavy atom. The Hall–Kier alpha value is -0.960. The number of hydrogen-bond donors (Lipinski definition) is 0. The van der Waals surface area contributed by atoms with Crippen LogP contribution in [0, 0.1) is 23.7 Å². The SMILES string of the molecule is C=C=C(CCCCCCCC(CCCCC=[N+]=CC1=C(CC(C)C)C(=IC)C1=C=C)CCCCCCCC(=C)C(=C)CC(CCCCC)CCCCC)[I-]CCC(CCCC)CCCC. The number of alkyl halides is 2. The van der Waals surface area contributed by atoms with E-state index in [0.29, 0.717) is 5.92 Å². The van der Waals surface area contributed by atoms with Crippen molar-refractivity contribution < 1.29 is 21.2 Å². The molecular weight excluding hydrogens is 1010 g/mol. The van der Waals surface area contributed by atoms with Crippen molar-refractivity contribution in [1.29, 1.82) is 0 Å². The van der Waals surface area contributed by atoms with Gasteiger partial charge in [-0.05, 0) is 48.0 Å². The third-order valence-corrected chi connectivity index (χ3v) is 19.3. The van der Waals surface area contributed by atoms with Crippen molar-refractivity contribution in [3.8, 4) is 0 Å². The van der Waals surface area contributed by atoms with E-state index in [4.69, 9.17) is 4.67 Å². The van der Waals surface area contributed by atoms with Gasteiger partial charge in [0.05, 0.1) is 5.57 Å². The Kier molecular flexibility index (Phi) is 41.1. The molecule has 0 aromatic rings. The van der Waals surface area contributed by atoms with Crippen molar-refractivity contribution in [3.63, 3.8) is 0 Å². The summed E-state index contributed by atoms with van der Waals surface area (Å²) in [5, 5.41) is 0. The first-order valence-electron chi connectivity index (χ1n) is 27.9. The molecule has 0 saturated heterocycles. The van der Waals surface area contributed by atoms with Crippen LogP contribution in [0.2, 0.25) is 0 Å². The van der Waals surface area contributed by atoms with E-state index in [1.54, 1.807) is 7.09 Å². The fourth-order valence-electron chi connectivity index (χ4n) is 9.78. The molecule has 0 radical (unpaired) electrons. The average molecular weight is 1120 g/mol. The quantitative estimate of drug-likeness (QED) is 0.0110. The van der Waals surface area contributed by atoms with Gasteiger partial charge in [0, 0.05) is 15.5 Å². The predicted octanol–water partition coefficient (Wildman–Crippen LogP) is 17.1. The number of allylic oxidation sites excluding steroid dienone is 6. The van der Waals surface area contributed by atoms with E-state index in [1.165, 1.54) is 238 Å². The second-order valence-electron chi connectivity index (χ2n) is 20.4. The van der Waals surface area contributed by atoms with E-state index >= 15 is 0 Å². The molecule has 0 aromatic heterocycles. The standard InChI is InChI=1S/C62H107I2N/c1-12-18-29-43-57(44-30-19-13-2)50-54(10)53(9)37-31-24-22-25-32-40-55(42-34-28-36-48-65-51-61-59(17-6)62(63-11)60(61)49-52(7)8)41-33-26-23-27-35-45-58(16-5)64-47-46-56(38-20-14-3)39-21-15-4/h48,51-52,55-57H,5-6,9-10,12-15,18-47,49-50H2,1-4,7-8,11H3. The summed E-state index contributed by atoms with van der Waals surface area (Å²) in [5.74, 6) is 3.32. The predicted molar refractivity (Wildman–Crippen MR) is 304 cm³/mol. The van der Waals surface area contributed by atoms with E-state index in [-0.39, 0.29) is 41.9 Å². The Bertz CT molecular complexity index is 1470. The first kappa shape index (κ1) is 62.1. The van der Waals surface area contributed by atoms with Gasteiger partial charge in [0.2, 0.25) is 0 Å². The molecule has 65 heavy (non-hydrogen) atoms. The second kappa shape index (κ2) is 43.1. The van der Waals surface area contributed by atoms with Crippen LogP contribution in [0.5, 0.6) is 0 Å². The van der Waals surface area contributed by atoms with Crippen molar-refractivity contribution >= 4 is 36.7 Å². The number of hydrogen-bond acceptors (Lipinski definition) is 0. The first-order valence-corrected chi connectivity index (χ1v) is 33.7. The first-order chi connectivity index (χ1) is 31.7. The number of halogens is 2. The summed E-state index contributed by atoms with van der Waals surface area (Å²) in [6.45, 7) is 31.1. The molecule has 1 rings (SSSR count). The topological polar surface area (TPSA) is 14.1 Å². The van der Waals surface area contributed by atoms with Crippen LogP contribution in [0.1, 0.15) is 266 Å². The molecule has 0 N–H and O–H groups in total. The molecule has 374 valence electrons. The van der Waals surface area contributed by atoms with Crippen LogP contribution in [0.4, 0.5) is 0 Å². The molecule has 0 amide bonds. The molecule has 0 spiro atoms. The molecule has 1 atom stereocenters. The number of nitrogens with zero attached hydrogens (tertiary/aromatic N) is 1. The zero-order valence-corrected chi connectivity index (χ0v) is 48.8. The third kappa shape index (κ3) is 31.0. The van der Waals surface area contributed by atoms with E-state index in [2.05, 4.69) is 96.7 Å². The summed E-state index contributed by atoms with van der Waals surface area (Å²) in [7, 11) is 0.